The van der Waals surface area contributed by atoms with Gasteiger partial charge in [-0.2, -0.15) is 0 Å². The summed E-state index contributed by atoms with van der Waals surface area (Å²) in [5.41, 5.74) is 4.60. The van der Waals surface area contributed by atoms with Crippen LogP contribution in [0.25, 0.3) is 0 Å². The lowest BCUT2D eigenvalue weighted by Gasteiger charge is -2.29. The molecule has 1 aromatic heterocycles. The molecule has 27 heavy (non-hydrogen) atoms. The minimum Gasteiger partial charge on any atom is -0.364 e. The van der Waals surface area contributed by atoms with E-state index in [9.17, 15) is 4.79 Å². The van der Waals surface area contributed by atoms with E-state index in [2.05, 4.69) is 41.2 Å². The van der Waals surface area contributed by atoms with Crippen LogP contribution in [-0.2, 0) is 6.54 Å². The van der Waals surface area contributed by atoms with Crippen molar-refractivity contribution < 1.29 is 4.79 Å². The van der Waals surface area contributed by atoms with Crippen molar-refractivity contribution in [3.63, 3.8) is 0 Å². The van der Waals surface area contributed by atoms with Crippen molar-refractivity contribution in [2.75, 3.05) is 10.2 Å². The molecule has 0 unspecified atom stereocenters. The van der Waals surface area contributed by atoms with Crippen molar-refractivity contribution in [2.45, 2.75) is 33.4 Å². The van der Waals surface area contributed by atoms with Crippen molar-refractivity contribution in [1.29, 1.82) is 0 Å². The van der Waals surface area contributed by atoms with Gasteiger partial charge in [0.05, 0.1) is 17.4 Å². The molecule has 2 aromatic carbocycles. The first kappa shape index (κ1) is 18.6. The molecule has 1 heterocycles. The number of aromatic nitrogens is 1. The second-order valence-corrected chi connectivity index (χ2v) is 6.96. The fraction of sp³-hybridized carbons (Fsp3) is 0.217. The molecule has 0 atom stereocenters. The largest absolute Gasteiger partial charge is 0.364 e. The first-order valence-corrected chi connectivity index (χ1v) is 9.16. The fourth-order valence-electron chi connectivity index (χ4n) is 2.99. The summed E-state index contributed by atoms with van der Waals surface area (Å²) in [7, 11) is 0. The highest BCUT2D eigenvalue weighted by Crippen LogP contribution is 2.21. The van der Waals surface area contributed by atoms with Crippen molar-refractivity contribution in [3.8, 4) is 0 Å². The predicted molar refractivity (Wildman–Crippen MR) is 111 cm³/mol. The molecular formula is C23H25N3O. The molecular weight excluding hydrogens is 334 g/mol. The summed E-state index contributed by atoms with van der Waals surface area (Å²) in [6, 6.07) is 20.3. The molecule has 0 aliphatic heterocycles. The summed E-state index contributed by atoms with van der Waals surface area (Å²) < 4.78 is 0. The number of amides is 1. The monoisotopic (exact) mass is 359 g/mol. The Labute approximate surface area is 160 Å². The number of hydrogen-bond donors (Lipinski definition) is 1. The average molecular weight is 359 g/mol. The number of pyridine rings is 1. The molecule has 0 bridgehead atoms. The van der Waals surface area contributed by atoms with Gasteiger partial charge in [-0.15, -0.1) is 0 Å². The van der Waals surface area contributed by atoms with Crippen molar-refractivity contribution >= 4 is 17.3 Å². The maximum absolute atomic E-state index is 12.7. The third kappa shape index (κ3) is 4.94. The topological polar surface area (TPSA) is 45.2 Å². The van der Waals surface area contributed by atoms with E-state index in [1.165, 1.54) is 5.56 Å². The van der Waals surface area contributed by atoms with Crippen LogP contribution in [0.5, 0.6) is 0 Å². The maximum Gasteiger partial charge on any atom is 0.257 e. The molecule has 0 saturated heterocycles. The Morgan fingerprint density at radius 1 is 1.04 bits per heavy atom. The van der Waals surface area contributed by atoms with E-state index in [0.717, 1.165) is 23.5 Å². The Hall–Kier alpha value is -3.14. The summed E-state index contributed by atoms with van der Waals surface area (Å²) >= 11 is 0. The molecule has 4 nitrogen and oxygen atoms in total. The SMILES string of the molecule is Cc1cccc(NC(=O)c2cncc(N(Cc3ccccc3)C(C)C)c2)c1. The van der Waals surface area contributed by atoms with Crippen LogP contribution < -0.4 is 10.2 Å². The quantitative estimate of drug-likeness (QED) is 0.669. The first-order chi connectivity index (χ1) is 13.0. The van der Waals surface area contributed by atoms with Crippen molar-refractivity contribution in [1.82, 2.24) is 4.98 Å². The molecule has 1 N–H and O–H groups in total. The summed E-state index contributed by atoms with van der Waals surface area (Å²) in [4.78, 5) is 19.2. The van der Waals surface area contributed by atoms with E-state index in [4.69, 9.17) is 0 Å². The molecule has 4 heteroatoms. The van der Waals surface area contributed by atoms with E-state index in [1.54, 1.807) is 6.20 Å². The number of anilines is 2. The van der Waals surface area contributed by atoms with Gasteiger partial charge in [0, 0.05) is 24.5 Å². The van der Waals surface area contributed by atoms with Crippen LogP contribution in [-0.4, -0.2) is 16.9 Å². The zero-order valence-corrected chi connectivity index (χ0v) is 16.0. The Balaban J connectivity index is 1.81. The Morgan fingerprint density at radius 3 is 2.52 bits per heavy atom. The lowest BCUT2D eigenvalue weighted by molar-refractivity contribution is 0.102. The van der Waals surface area contributed by atoms with Crippen molar-refractivity contribution in [3.05, 3.63) is 89.7 Å². The number of rotatable bonds is 6. The summed E-state index contributed by atoms with van der Waals surface area (Å²) in [6.45, 7) is 7.05. The molecule has 0 spiro atoms. The third-order valence-electron chi connectivity index (χ3n) is 4.41. The highest BCUT2D eigenvalue weighted by Gasteiger charge is 2.15. The highest BCUT2D eigenvalue weighted by atomic mass is 16.1. The normalized spacial score (nSPS) is 10.7. The van der Waals surface area contributed by atoms with E-state index in [-0.39, 0.29) is 11.9 Å². The van der Waals surface area contributed by atoms with Gasteiger partial charge in [0.25, 0.3) is 5.91 Å². The van der Waals surface area contributed by atoms with Crippen LogP contribution >= 0.6 is 0 Å². The van der Waals surface area contributed by atoms with Gasteiger partial charge < -0.3 is 10.2 Å². The summed E-state index contributed by atoms with van der Waals surface area (Å²) in [5, 5.41) is 2.95. The highest BCUT2D eigenvalue weighted by molar-refractivity contribution is 6.04. The smallest absolute Gasteiger partial charge is 0.257 e. The van der Waals surface area contributed by atoms with Crippen molar-refractivity contribution in [2.24, 2.45) is 0 Å². The number of carbonyl (C=O) groups is 1. The lowest BCUT2D eigenvalue weighted by Crippen LogP contribution is -2.30. The Bertz CT molecular complexity index is 906. The zero-order chi connectivity index (χ0) is 19.2. The van der Waals surface area contributed by atoms with Gasteiger partial charge in [-0.05, 0) is 50.1 Å². The molecule has 0 fully saturated rings. The minimum absolute atomic E-state index is 0.154. The molecule has 3 aromatic rings. The van der Waals surface area contributed by atoms with E-state index in [0.29, 0.717) is 5.56 Å². The Kier molecular flexibility index (Phi) is 5.87. The summed E-state index contributed by atoms with van der Waals surface area (Å²) in [6.07, 6.45) is 3.42. The molecule has 3 rings (SSSR count). The van der Waals surface area contributed by atoms with Gasteiger partial charge in [-0.25, -0.2) is 0 Å². The molecule has 0 saturated carbocycles. The van der Waals surface area contributed by atoms with Crippen LogP contribution in [0.4, 0.5) is 11.4 Å². The number of benzene rings is 2. The zero-order valence-electron chi connectivity index (χ0n) is 16.0. The maximum atomic E-state index is 12.7. The van der Waals surface area contributed by atoms with Gasteiger partial charge in [0.1, 0.15) is 0 Å². The molecule has 0 aliphatic carbocycles. The van der Waals surface area contributed by atoms with Gasteiger partial charge in [-0.1, -0.05) is 42.5 Å². The minimum atomic E-state index is -0.154. The predicted octanol–water partition coefficient (Wildman–Crippen LogP) is 5.06. The van der Waals surface area contributed by atoms with Crippen LogP contribution in [0, 0.1) is 6.92 Å². The number of nitrogens with zero attached hydrogens (tertiary/aromatic N) is 2. The second kappa shape index (κ2) is 8.49. The number of nitrogens with one attached hydrogen (secondary N) is 1. The molecule has 1 amide bonds. The van der Waals surface area contributed by atoms with Crippen LogP contribution in [0.15, 0.2) is 73.1 Å². The van der Waals surface area contributed by atoms with E-state index in [1.807, 2.05) is 61.7 Å². The summed E-state index contributed by atoms with van der Waals surface area (Å²) in [5.74, 6) is -0.154. The average Bonchev–Trinajstić information content (AvgIpc) is 2.67. The van der Waals surface area contributed by atoms with Gasteiger partial charge in [0.2, 0.25) is 0 Å². The fourth-order valence-corrected chi connectivity index (χ4v) is 2.99. The van der Waals surface area contributed by atoms with Gasteiger partial charge in [0.15, 0.2) is 0 Å². The van der Waals surface area contributed by atoms with Gasteiger partial charge in [-0.3, -0.25) is 9.78 Å². The number of carbonyl (C=O) groups excluding carboxylic acids is 1. The lowest BCUT2D eigenvalue weighted by atomic mass is 10.1. The number of aryl methyl sites for hydroxylation is 1. The standard InChI is InChI=1S/C23H25N3O/c1-17(2)26(16-19-9-5-4-6-10-19)22-13-20(14-24-15-22)23(27)25-21-11-7-8-18(3)12-21/h4-15,17H,16H2,1-3H3,(H,25,27). The van der Waals surface area contributed by atoms with E-state index < -0.39 is 0 Å². The molecule has 0 radical (unpaired) electrons. The van der Waals surface area contributed by atoms with Crippen LogP contribution in [0.3, 0.4) is 0 Å². The third-order valence-corrected chi connectivity index (χ3v) is 4.41. The molecule has 0 aliphatic rings. The molecule has 138 valence electrons. The van der Waals surface area contributed by atoms with E-state index >= 15 is 0 Å². The Morgan fingerprint density at radius 2 is 1.81 bits per heavy atom. The van der Waals surface area contributed by atoms with Gasteiger partial charge >= 0.3 is 0 Å². The number of hydrogen-bond acceptors (Lipinski definition) is 3. The first-order valence-electron chi connectivity index (χ1n) is 9.16. The van der Waals surface area contributed by atoms with Crippen LogP contribution in [0.1, 0.15) is 35.3 Å². The second-order valence-electron chi connectivity index (χ2n) is 6.96. The van der Waals surface area contributed by atoms with Crippen LogP contribution in [0.2, 0.25) is 0 Å².